The summed E-state index contributed by atoms with van der Waals surface area (Å²) >= 11 is 1.80. The maximum Gasteiger partial charge on any atom is 0.00743 e. The summed E-state index contributed by atoms with van der Waals surface area (Å²) in [6, 6.07) is 6.61. The van der Waals surface area contributed by atoms with Gasteiger partial charge in [0.05, 0.1) is 0 Å². The molecule has 0 radical (unpaired) electrons. The lowest BCUT2D eigenvalue weighted by molar-refractivity contribution is 1.30. The zero-order chi connectivity index (χ0) is 7.56. The van der Waals surface area contributed by atoms with Gasteiger partial charge >= 0.3 is 0 Å². The van der Waals surface area contributed by atoms with Gasteiger partial charge in [-0.25, -0.2) is 0 Å². The van der Waals surface area contributed by atoms with Crippen molar-refractivity contribution in [1.82, 2.24) is 0 Å². The van der Waals surface area contributed by atoms with Crippen LogP contribution in [0, 0.1) is 13.8 Å². The number of rotatable bonds is 1. The molecule has 0 atom stereocenters. The highest BCUT2D eigenvalue weighted by molar-refractivity contribution is 7.98. The van der Waals surface area contributed by atoms with Crippen molar-refractivity contribution in [3.8, 4) is 0 Å². The van der Waals surface area contributed by atoms with Gasteiger partial charge in [0.2, 0.25) is 0 Å². The fraction of sp³-hybridized carbons (Fsp3) is 0.333. The van der Waals surface area contributed by atoms with E-state index in [1.807, 2.05) is 0 Å². The highest BCUT2D eigenvalue weighted by Crippen LogP contribution is 2.17. The Labute approximate surface area is 66.6 Å². The van der Waals surface area contributed by atoms with Crippen molar-refractivity contribution in [2.24, 2.45) is 0 Å². The molecule has 0 fully saturated rings. The van der Waals surface area contributed by atoms with Crippen LogP contribution in [0.2, 0.25) is 0 Å². The quantitative estimate of drug-likeness (QED) is 0.557. The molecule has 0 aliphatic heterocycles. The Hall–Kier alpha value is -0.430. The van der Waals surface area contributed by atoms with E-state index >= 15 is 0 Å². The van der Waals surface area contributed by atoms with E-state index in [0.717, 1.165) is 0 Å². The van der Waals surface area contributed by atoms with Gasteiger partial charge in [0.1, 0.15) is 0 Å². The number of thioether (sulfide) groups is 1. The molecule has 1 rings (SSSR count). The maximum atomic E-state index is 2.21. The van der Waals surface area contributed by atoms with Gasteiger partial charge in [-0.1, -0.05) is 6.07 Å². The van der Waals surface area contributed by atoms with Crippen LogP contribution < -0.4 is 0 Å². The minimum Gasteiger partial charge on any atom is -0.130 e. The molecule has 0 aromatic heterocycles. The molecule has 0 aliphatic rings. The van der Waals surface area contributed by atoms with Crippen molar-refractivity contribution in [2.45, 2.75) is 18.7 Å². The molecule has 0 saturated heterocycles. The third kappa shape index (κ3) is 1.77. The number of hydrogen-bond acceptors (Lipinski definition) is 1. The lowest BCUT2D eigenvalue weighted by Crippen LogP contribution is -1.77. The van der Waals surface area contributed by atoms with E-state index < -0.39 is 0 Å². The second kappa shape index (κ2) is 3.11. The van der Waals surface area contributed by atoms with Crippen LogP contribution in [0.25, 0.3) is 0 Å². The molecule has 0 amide bonds. The first-order valence-corrected chi connectivity index (χ1v) is 4.57. The Morgan fingerprint density at radius 2 is 1.50 bits per heavy atom. The van der Waals surface area contributed by atoms with Crippen molar-refractivity contribution < 1.29 is 0 Å². The average molecular weight is 152 g/mol. The van der Waals surface area contributed by atoms with Crippen LogP contribution >= 0.6 is 11.8 Å². The van der Waals surface area contributed by atoms with E-state index in [9.17, 15) is 0 Å². The Balaban J connectivity index is 3.06. The molecule has 10 heavy (non-hydrogen) atoms. The van der Waals surface area contributed by atoms with Crippen LogP contribution in [-0.2, 0) is 0 Å². The highest BCUT2D eigenvalue weighted by atomic mass is 32.2. The van der Waals surface area contributed by atoms with Crippen molar-refractivity contribution in [2.75, 3.05) is 6.26 Å². The summed E-state index contributed by atoms with van der Waals surface area (Å²) in [5.74, 6) is 0. The van der Waals surface area contributed by atoms with E-state index in [-0.39, 0.29) is 0 Å². The number of aryl methyl sites for hydroxylation is 2. The molecule has 0 bridgehead atoms. The van der Waals surface area contributed by atoms with Gasteiger partial charge in [0.25, 0.3) is 0 Å². The topological polar surface area (TPSA) is 0 Å². The molecule has 0 saturated carbocycles. The Morgan fingerprint density at radius 1 is 1.00 bits per heavy atom. The molecule has 0 nitrogen and oxygen atoms in total. The van der Waals surface area contributed by atoms with Crippen LogP contribution in [0.3, 0.4) is 0 Å². The summed E-state index contributed by atoms with van der Waals surface area (Å²) in [6.07, 6.45) is 2.11. The predicted molar refractivity (Wildman–Crippen MR) is 47.7 cm³/mol. The minimum absolute atomic E-state index is 1.35. The first-order valence-electron chi connectivity index (χ1n) is 3.34. The van der Waals surface area contributed by atoms with Gasteiger partial charge in [0, 0.05) is 4.90 Å². The molecular weight excluding hydrogens is 140 g/mol. The zero-order valence-corrected chi connectivity index (χ0v) is 7.46. The lowest BCUT2D eigenvalue weighted by Gasteiger charge is -1.99. The van der Waals surface area contributed by atoms with Crippen molar-refractivity contribution in [3.63, 3.8) is 0 Å². The third-order valence-corrected chi connectivity index (χ3v) is 2.14. The van der Waals surface area contributed by atoms with E-state index in [1.165, 1.54) is 16.0 Å². The number of hydrogen-bond donors (Lipinski definition) is 0. The van der Waals surface area contributed by atoms with Gasteiger partial charge in [-0.05, 0) is 43.4 Å². The van der Waals surface area contributed by atoms with E-state index in [4.69, 9.17) is 0 Å². The van der Waals surface area contributed by atoms with Gasteiger partial charge in [0.15, 0.2) is 0 Å². The van der Waals surface area contributed by atoms with Crippen LogP contribution in [-0.4, -0.2) is 6.26 Å². The Kier molecular flexibility index (Phi) is 2.39. The molecule has 54 valence electrons. The van der Waals surface area contributed by atoms with E-state index in [2.05, 4.69) is 38.3 Å². The van der Waals surface area contributed by atoms with Crippen LogP contribution in [0.1, 0.15) is 11.1 Å². The summed E-state index contributed by atoms with van der Waals surface area (Å²) in [4.78, 5) is 1.36. The second-order valence-electron chi connectivity index (χ2n) is 2.53. The smallest absolute Gasteiger partial charge is 0.00743 e. The molecule has 0 heterocycles. The van der Waals surface area contributed by atoms with Crippen molar-refractivity contribution in [3.05, 3.63) is 29.3 Å². The normalized spacial score (nSPS) is 9.90. The van der Waals surface area contributed by atoms with Gasteiger partial charge in [-0.15, -0.1) is 11.8 Å². The summed E-state index contributed by atoms with van der Waals surface area (Å²) in [6.45, 7) is 4.26. The standard InChI is InChI=1S/C9H12S/c1-7-4-8(2)6-9(5-7)10-3/h4-6H,1-3H3. The summed E-state index contributed by atoms with van der Waals surface area (Å²) in [5.41, 5.74) is 2.70. The maximum absolute atomic E-state index is 2.21. The van der Waals surface area contributed by atoms with Crippen molar-refractivity contribution >= 4 is 11.8 Å². The summed E-state index contributed by atoms with van der Waals surface area (Å²) in [5, 5.41) is 0. The van der Waals surface area contributed by atoms with Gasteiger partial charge < -0.3 is 0 Å². The SMILES string of the molecule is CSc1cc(C)cc(C)c1. The molecule has 0 spiro atoms. The Bertz CT molecular complexity index is 208. The monoisotopic (exact) mass is 152 g/mol. The van der Waals surface area contributed by atoms with Crippen LogP contribution in [0.4, 0.5) is 0 Å². The predicted octanol–water partition coefficient (Wildman–Crippen LogP) is 3.03. The van der Waals surface area contributed by atoms with Crippen LogP contribution in [0.5, 0.6) is 0 Å². The first kappa shape index (κ1) is 7.67. The third-order valence-electron chi connectivity index (χ3n) is 1.43. The van der Waals surface area contributed by atoms with Gasteiger partial charge in [-0.3, -0.25) is 0 Å². The lowest BCUT2D eigenvalue weighted by atomic mass is 10.2. The highest BCUT2D eigenvalue weighted by Gasteiger charge is 1.91. The molecule has 0 N–H and O–H groups in total. The largest absolute Gasteiger partial charge is 0.130 e. The first-order chi connectivity index (χ1) is 4.72. The second-order valence-corrected chi connectivity index (χ2v) is 3.41. The van der Waals surface area contributed by atoms with E-state index in [1.54, 1.807) is 11.8 Å². The molecule has 0 aliphatic carbocycles. The fourth-order valence-corrected chi connectivity index (χ4v) is 1.66. The molecule has 1 aromatic carbocycles. The molecular formula is C9H12S. The molecule has 0 unspecified atom stereocenters. The molecule has 1 heteroatoms. The number of benzene rings is 1. The molecule has 1 aromatic rings. The minimum atomic E-state index is 1.35. The summed E-state index contributed by atoms with van der Waals surface area (Å²) in [7, 11) is 0. The average Bonchev–Trinajstić information content (AvgIpc) is 1.85. The van der Waals surface area contributed by atoms with E-state index in [0.29, 0.717) is 0 Å². The zero-order valence-electron chi connectivity index (χ0n) is 6.64. The fourth-order valence-electron chi connectivity index (χ4n) is 1.05. The summed E-state index contributed by atoms with van der Waals surface area (Å²) < 4.78 is 0. The van der Waals surface area contributed by atoms with Crippen molar-refractivity contribution in [1.29, 1.82) is 0 Å². The van der Waals surface area contributed by atoms with Gasteiger partial charge in [-0.2, -0.15) is 0 Å². The van der Waals surface area contributed by atoms with Crippen LogP contribution in [0.15, 0.2) is 23.1 Å². The Morgan fingerprint density at radius 3 is 1.90 bits per heavy atom.